The molecule has 1 aromatic rings. The Balaban J connectivity index is 2.70. The molecule has 0 aliphatic carbocycles. The number of hydrogen-bond acceptors (Lipinski definition) is 5. The van der Waals surface area contributed by atoms with Crippen LogP contribution in [-0.4, -0.2) is 40.2 Å². The number of carboxylic acids is 1. The number of hydrogen-bond donors (Lipinski definition) is 3. The van der Waals surface area contributed by atoms with Gasteiger partial charge in [-0.25, -0.2) is 9.78 Å². The summed E-state index contributed by atoms with van der Waals surface area (Å²) in [7, 11) is 1.44. The van der Waals surface area contributed by atoms with E-state index in [1.807, 2.05) is 0 Å². The highest BCUT2D eigenvalue weighted by Gasteiger charge is 2.14. The fraction of sp³-hybridized carbons (Fsp3) is 0.400. The number of methoxy groups -OCH3 is 1. The predicted octanol–water partition coefficient (Wildman–Crippen LogP) is 0.388. The minimum Gasteiger partial charge on any atom is -0.481 e. The van der Waals surface area contributed by atoms with Crippen LogP contribution in [0.2, 0.25) is 0 Å². The van der Waals surface area contributed by atoms with Gasteiger partial charge in [0, 0.05) is 11.8 Å². The lowest BCUT2D eigenvalue weighted by atomic mass is 10.3. The van der Waals surface area contributed by atoms with Gasteiger partial charge in [-0.2, -0.15) is 4.98 Å². The second-order valence-electron chi connectivity index (χ2n) is 3.53. The summed E-state index contributed by atoms with van der Waals surface area (Å²) in [5, 5.41) is 13.2. The quantitative estimate of drug-likeness (QED) is 0.716. The van der Waals surface area contributed by atoms with Gasteiger partial charge in [-0.15, -0.1) is 0 Å². The summed E-state index contributed by atoms with van der Waals surface area (Å²) < 4.78 is 4.92. The summed E-state index contributed by atoms with van der Waals surface area (Å²) in [4.78, 5) is 29.8. The van der Waals surface area contributed by atoms with Crippen LogP contribution < -0.4 is 15.4 Å². The molecule has 0 spiro atoms. The van der Waals surface area contributed by atoms with Crippen molar-refractivity contribution in [3.63, 3.8) is 0 Å². The van der Waals surface area contributed by atoms with Crippen molar-refractivity contribution in [1.29, 1.82) is 0 Å². The van der Waals surface area contributed by atoms with E-state index in [0.717, 1.165) is 0 Å². The third kappa shape index (κ3) is 3.89. The Labute approximate surface area is 103 Å². The number of carboxylic acid groups (broad SMARTS) is 1. The zero-order chi connectivity index (χ0) is 13.7. The SMILES string of the molecule is COc1cc(C)nc(NC(=O)N[C@@H](C)C(=O)O)n1. The first-order chi connectivity index (χ1) is 8.42. The number of amides is 2. The molecule has 0 saturated heterocycles. The first-order valence-electron chi connectivity index (χ1n) is 5.12. The van der Waals surface area contributed by atoms with Crippen LogP contribution in [0.3, 0.4) is 0 Å². The molecule has 1 heterocycles. The Hall–Kier alpha value is -2.38. The van der Waals surface area contributed by atoms with Crippen LogP contribution >= 0.6 is 0 Å². The number of urea groups is 1. The van der Waals surface area contributed by atoms with Crippen molar-refractivity contribution in [2.24, 2.45) is 0 Å². The van der Waals surface area contributed by atoms with E-state index in [9.17, 15) is 9.59 Å². The van der Waals surface area contributed by atoms with E-state index in [4.69, 9.17) is 9.84 Å². The van der Waals surface area contributed by atoms with E-state index in [-0.39, 0.29) is 5.95 Å². The van der Waals surface area contributed by atoms with Gasteiger partial charge >= 0.3 is 12.0 Å². The van der Waals surface area contributed by atoms with Gasteiger partial charge in [-0.05, 0) is 13.8 Å². The van der Waals surface area contributed by atoms with Gasteiger partial charge in [0.25, 0.3) is 0 Å². The molecule has 0 saturated carbocycles. The van der Waals surface area contributed by atoms with Crippen LogP contribution in [0.4, 0.5) is 10.7 Å². The number of rotatable bonds is 4. The fourth-order valence-corrected chi connectivity index (χ4v) is 1.10. The first-order valence-corrected chi connectivity index (χ1v) is 5.12. The van der Waals surface area contributed by atoms with Crippen molar-refractivity contribution in [2.75, 3.05) is 12.4 Å². The Morgan fingerprint density at radius 3 is 2.67 bits per heavy atom. The van der Waals surface area contributed by atoms with Crippen LogP contribution in [0.15, 0.2) is 6.07 Å². The number of ether oxygens (including phenoxy) is 1. The number of anilines is 1. The van der Waals surface area contributed by atoms with E-state index in [2.05, 4.69) is 20.6 Å². The number of carbonyl (C=O) groups is 2. The monoisotopic (exact) mass is 254 g/mol. The normalized spacial score (nSPS) is 11.5. The minimum absolute atomic E-state index is 0.0435. The van der Waals surface area contributed by atoms with E-state index in [1.165, 1.54) is 14.0 Å². The number of nitrogens with zero attached hydrogens (tertiary/aromatic N) is 2. The Kier molecular flexibility index (Phi) is 4.41. The second kappa shape index (κ2) is 5.80. The van der Waals surface area contributed by atoms with Gasteiger partial charge in [-0.3, -0.25) is 10.1 Å². The standard InChI is InChI=1S/C10H14N4O4/c1-5-4-7(18-3)13-9(11-5)14-10(17)12-6(2)8(15)16/h4,6H,1-3H3,(H,15,16)(H2,11,12,13,14,17)/t6-/m0/s1. The number of aromatic nitrogens is 2. The van der Waals surface area contributed by atoms with Crippen LogP contribution in [0.25, 0.3) is 0 Å². The third-order valence-corrected chi connectivity index (χ3v) is 1.98. The number of aliphatic carboxylic acids is 1. The van der Waals surface area contributed by atoms with Crippen LogP contribution in [0.5, 0.6) is 5.88 Å². The van der Waals surface area contributed by atoms with Gasteiger partial charge in [-0.1, -0.05) is 0 Å². The van der Waals surface area contributed by atoms with Crippen LogP contribution in [-0.2, 0) is 4.79 Å². The summed E-state index contributed by atoms with van der Waals surface area (Å²) in [6.07, 6.45) is 0. The highest BCUT2D eigenvalue weighted by Crippen LogP contribution is 2.10. The highest BCUT2D eigenvalue weighted by atomic mass is 16.5. The van der Waals surface area contributed by atoms with Crippen molar-refractivity contribution in [3.05, 3.63) is 11.8 Å². The molecule has 1 aromatic heterocycles. The van der Waals surface area contributed by atoms with Crippen molar-refractivity contribution in [3.8, 4) is 5.88 Å². The van der Waals surface area contributed by atoms with E-state index in [0.29, 0.717) is 11.6 Å². The zero-order valence-corrected chi connectivity index (χ0v) is 10.2. The van der Waals surface area contributed by atoms with Crippen molar-refractivity contribution in [2.45, 2.75) is 19.9 Å². The van der Waals surface area contributed by atoms with Crippen LogP contribution in [0.1, 0.15) is 12.6 Å². The van der Waals surface area contributed by atoms with Gasteiger partial charge in [0.05, 0.1) is 7.11 Å². The van der Waals surface area contributed by atoms with Gasteiger partial charge in [0.2, 0.25) is 11.8 Å². The molecule has 0 aromatic carbocycles. The lowest BCUT2D eigenvalue weighted by Crippen LogP contribution is -2.41. The maximum Gasteiger partial charge on any atom is 0.325 e. The summed E-state index contributed by atoms with van der Waals surface area (Å²) in [5.41, 5.74) is 0.614. The average Bonchev–Trinajstić information content (AvgIpc) is 2.27. The second-order valence-corrected chi connectivity index (χ2v) is 3.53. The molecule has 2 amide bonds. The summed E-state index contributed by atoms with van der Waals surface area (Å²) in [6.45, 7) is 3.06. The lowest BCUT2D eigenvalue weighted by Gasteiger charge is -2.10. The molecule has 18 heavy (non-hydrogen) atoms. The molecule has 3 N–H and O–H groups in total. The molecule has 98 valence electrons. The predicted molar refractivity (Wildman–Crippen MR) is 62.6 cm³/mol. The molecule has 0 aliphatic rings. The minimum atomic E-state index is -1.13. The Bertz CT molecular complexity index is 463. The first kappa shape index (κ1) is 13.7. The van der Waals surface area contributed by atoms with E-state index < -0.39 is 18.0 Å². The lowest BCUT2D eigenvalue weighted by molar-refractivity contribution is -0.138. The molecular weight excluding hydrogens is 240 g/mol. The van der Waals surface area contributed by atoms with E-state index >= 15 is 0 Å². The maximum atomic E-state index is 11.4. The number of carbonyl (C=O) groups excluding carboxylic acids is 1. The van der Waals surface area contributed by atoms with Crippen LogP contribution in [0, 0.1) is 6.92 Å². The molecule has 0 bridgehead atoms. The summed E-state index contributed by atoms with van der Waals surface area (Å²) in [5.74, 6) is -0.779. The zero-order valence-electron chi connectivity index (χ0n) is 10.2. The van der Waals surface area contributed by atoms with Crippen molar-refractivity contribution < 1.29 is 19.4 Å². The van der Waals surface area contributed by atoms with Gasteiger partial charge in [0.1, 0.15) is 6.04 Å². The Morgan fingerprint density at radius 1 is 1.44 bits per heavy atom. The molecular formula is C10H14N4O4. The van der Waals surface area contributed by atoms with Crippen molar-refractivity contribution >= 4 is 17.9 Å². The highest BCUT2D eigenvalue weighted by molar-refractivity contribution is 5.90. The molecule has 0 radical (unpaired) electrons. The topological polar surface area (TPSA) is 113 Å². The molecule has 0 fully saturated rings. The smallest absolute Gasteiger partial charge is 0.325 e. The summed E-state index contributed by atoms with van der Waals surface area (Å²) >= 11 is 0. The molecule has 0 aliphatic heterocycles. The largest absolute Gasteiger partial charge is 0.481 e. The van der Waals surface area contributed by atoms with Gasteiger partial charge < -0.3 is 15.2 Å². The van der Waals surface area contributed by atoms with E-state index in [1.54, 1.807) is 13.0 Å². The maximum absolute atomic E-state index is 11.4. The summed E-state index contributed by atoms with van der Waals surface area (Å²) in [6, 6.07) is -0.0996. The molecule has 8 heteroatoms. The van der Waals surface area contributed by atoms with Gasteiger partial charge in [0.15, 0.2) is 0 Å². The molecule has 1 atom stereocenters. The molecule has 8 nitrogen and oxygen atoms in total. The third-order valence-electron chi connectivity index (χ3n) is 1.98. The fourth-order valence-electron chi connectivity index (χ4n) is 1.10. The molecule has 1 rings (SSSR count). The Morgan fingerprint density at radius 2 is 2.11 bits per heavy atom. The number of aryl methyl sites for hydroxylation is 1. The van der Waals surface area contributed by atoms with Crippen molar-refractivity contribution in [1.82, 2.24) is 15.3 Å². The molecule has 0 unspecified atom stereocenters. The number of nitrogens with one attached hydrogen (secondary N) is 2. The average molecular weight is 254 g/mol.